The molecule has 16 heavy (non-hydrogen) atoms. The monoisotopic (exact) mass is 308 g/mol. The van der Waals surface area contributed by atoms with Crippen LogP contribution in [-0.2, 0) is 10.2 Å². The molecule has 0 unspecified atom stereocenters. The summed E-state index contributed by atoms with van der Waals surface area (Å²) in [6, 6.07) is 4.19. The number of benzene rings is 1. The topological polar surface area (TPSA) is 95.5 Å². The third kappa shape index (κ3) is 3.19. The summed E-state index contributed by atoms with van der Waals surface area (Å²) in [7, 11) is -2.51. The van der Waals surface area contributed by atoms with E-state index in [4.69, 9.17) is 5.11 Å². The second kappa shape index (κ2) is 4.81. The molecule has 0 fully saturated rings. The number of rotatable bonds is 4. The molecule has 0 spiro atoms. The van der Waals surface area contributed by atoms with Gasteiger partial charge in [-0.3, -0.25) is 4.72 Å². The van der Waals surface area contributed by atoms with Crippen LogP contribution in [-0.4, -0.2) is 26.5 Å². The first-order valence-corrected chi connectivity index (χ1v) is 6.37. The van der Waals surface area contributed by atoms with Crippen LogP contribution in [0.5, 0.6) is 0 Å². The van der Waals surface area contributed by atoms with E-state index in [1.54, 1.807) is 0 Å². The van der Waals surface area contributed by atoms with Crippen LogP contribution in [0.1, 0.15) is 10.4 Å². The Morgan fingerprint density at radius 1 is 1.44 bits per heavy atom. The molecular formula is C8H9BrN2O4S. The number of aromatic carboxylic acids is 1. The van der Waals surface area contributed by atoms with Crippen molar-refractivity contribution in [2.45, 2.75) is 0 Å². The smallest absolute Gasteiger partial charge is 0.337 e. The van der Waals surface area contributed by atoms with E-state index in [1.807, 2.05) is 4.72 Å². The van der Waals surface area contributed by atoms with Gasteiger partial charge in [-0.2, -0.15) is 8.42 Å². The van der Waals surface area contributed by atoms with Crippen molar-refractivity contribution in [3.8, 4) is 0 Å². The maximum absolute atomic E-state index is 11.2. The molecule has 0 saturated carbocycles. The molecule has 8 heteroatoms. The standard InChI is InChI=1S/C8H9BrN2O4S/c1-10-16(14,15)11-7-4-5(9)2-3-6(7)8(12)13/h2-4,10-11H,1H3,(H,12,13). The van der Waals surface area contributed by atoms with Gasteiger partial charge in [-0.1, -0.05) is 15.9 Å². The zero-order valence-corrected chi connectivity index (χ0v) is 10.6. The van der Waals surface area contributed by atoms with E-state index < -0.39 is 16.2 Å². The van der Waals surface area contributed by atoms with Gasteiger partial charge in [0.15, 0.2) is 0 Å². The van der Waals surface area contributed by atoms with Crippen molar-refractivity contribution in [3.63, 3.8) is 0 Å². The predicted molar refractivity (Wildman–Crippen MR) is 62.7 cm³/mol. The van der Waals surface area contributed by atoms with Crippen LogP contribution in [0, 0.1) is 0 Å². The lowest BCUT2D eigenvalue weighted by atomic mass is 10.2. The number of hydrogen-bond acceptors (Lipinski definition) is 3. The Hall–Kier alpha value is -1.12. The van der Waals surface area contributed by atoms with Gasteiger partial charge in [0.05, 0.1) is 11.3 Å². The van der Waals surface area contributed by atoms with Gasteiger partial charge in [-0.25, -0.2) is 9.52 Å². The van der Waals surface area contributed by atoms with E-state index >= 15 is 0 Å². The second-order valence-electron chi connectivity index (χ2n) is 2.80. The molecule has 0 aliphatic heterocycles. The molecule has 0 heterocycles. The minimum absolute atomic E-state index is 0.00350. The first-order chi connectivity index (χ1) is 7.35. The van der Waals surface area contributed by atoms with Crippen molar-refractivity contribution < 1.29 is 18.3 Å². The Morgan fingerprint density at radius 2 is 2.06 bits per heavy atom. The Kier molecular flexibility index (Phi) is 3.89. The van der Waals surface area contributed by atoms with Crippen LogP contribution in [0.25, 0.3) is 0 Å². The highest BCUT2D eigenvalue weighted by atomic mass is 79.9. The predicted octanol–water partition coefficient (Wildman–Crippen LogP) is 1.02. The van der Waals surface area contributed by atoms with Gasteiger partial charge in [0, 0.05) is 11.5 Å². The van der Waals surface area contributed by atoms with Crippen LogP contribution in [0.15, 0.2) is 22.7 Å². The number of anilines is 1. The highest BCUT2D eigenvalue weighted by Gasteiger charge is 2.14. The van der Waals surface area contributed by atoms with Crippen LogP contribution in [0.3, 0.4) is 0 Å². The number of nitrogens with one attached hydrogen (secondary N) is 2. The highest BCUT2D eigenvalue weighted by Crippen LogP contribution is 2.22. The van der Waals surface area contributed by atoms with E-state index in [9.17, 15) is 13.2 Å². The normalized spacial score (nSPS) is 11.1. The summed E-state index contributed by atoms with van der Waals surface area (Å²) in [6.45, 7) is 0. The molecule has 0 radical (unpaired) electrons. The molecule has 1 aromatic carbocycles. The summed E-state index contributed by atoms with van der Waals surface area (Å²) < 4.78 is 27.2. The average Bonchev–Trinajstić information content (AvgIpc) is 2.16. The van der Waals surface area contributed by atoms with Crippen molar-refractivity contribution in [1.82, 2.24) is 4.72 Å². The van der Waals surface area contributed by atoms with Gasteiger partial charge in [0.1, 0.15) is 0 Å². The summed E-state index contributed by atoms with van der Waals surface area (Å²) in [5.41, 5.74) is -0.127. The Morgan fingerprint density at radius 3 is 2.56 bits per heavy atom. The summed E-state index contributed by atoms with van der Waals surface area (Å²) in [6.07, 6.45) is 0. The summed E-state index contributed by atoms with van der Waals surface area (Å²) in [4.78, 5) is 10.8. The SMILES string of the molecule is CNS(=O)(=O)Nc1cc(Br)ccc1C(=O)O. The molecule has 3 N–H and O–H groups in total. The minimum atomic E-state index is -3.73. The fourth-order valence-corrected chi connectivity index (χ4v) is 1.90. The lowest BCUT2D eigenvalue weighted by Gasteiger charge is -2.09. The second-order valence-corrected chi connectivity index (χ2v) is 5.34. The maximum atomic E-state index is 11.2. The van der Waals surface area contributed by atoms with Crippen molar-refractivity contribution in [2.75, 3.05) is 11.8 Å². The number of carboxylic acids is 1. The Balaban J connectivity index is 3.21. The van der Waals surface area contributed by atoms with Crippen molar-refractivity contribution in [1.29, 1.82) is 0 Å². The molecule has 0 saturated heterocycles. The Bertz CT molecular complexity index is 515. The molecular weight excluding hydrogens is 300 g/mol. The number of hydrogen-bond donors (Lipinski definition) is 3. The maximum Gasteiger partial charge on any atom is 0.337 e. The van der Waals surface area contributed by atoms with Gasteiger partial charge >= 0.3 is 5.97 Å². The third-order valence-corrected chi connectivity index (χ3v) is 3.24. The first-order valence-electron chi connectivity index (χ1n) is 4.10. The summed E-state index contributed by atoms with van der Waals surface area (Å²) in [5.74, 6) is -1.21. The van der Waals surface area contributed by atoms with Crippen LogP contribution in [0.2, 0.25) is 0 Å². The lowest BCUT2D eigenvalue weighted by Crippen LogP contribution is -2.27. The van der Waals surface area contributed by atoms with E-state index in [-0.39, 0.29) is 11.3 Å². The average molecular weight is 309 g/mol. The molecule has 0 amide bonds. The van der Waals surface area contributed by atoms with Gasteiger partial charge in [-0.15, -0.1) is 0 Å². The molecule has 0 atom stereocenters. The summed E-state index contributed by atoms with van der Waals surface area (Å²) >= 11 is 3.13. The van der Waals surface area contributed by atoms with Crippen LogP contribution < -0.4 is 9.44 Å². The van der Waals surface area contributed by atoms with E-state index in [0.717, 1.165) is 0 Å². The molecule has 6 nitrogen and oxygen atoms in total. The largest absolute Gasteiger partial charge is 0.478 e. The zero-order chi connectivity index (χ0) is 12.3. The fraction of sp³-hybridized carbons (Fsp3) is 0.125. The van der Waals surface area contributed by atoms with Crippen molar-refractivity contribution in [2.24, 2.45) is 0 Å². The van der Waals surface area contributed by atoms with Gasteiger partial charge in [0.2, 0.25) is 0 Å². The molecule has 0 aromatic heterocycles. The number of carbonyl (C=O) groups is 1. The third-order valence-electron chi connectivity index (χ3n) is 1.73. The van der Waals surface area contributed by atoms with Gasteiger partial charge in [0.25, 0.3) is 10.2 Å². The Labute approximate surface area is 101 Å². The molecule has 1 aromatic rings. The zero-order valence-electron chi connectivity index (χ0n) is 8.19. The lowest BCUT2D eigenvalue weighted by molar-refractivity contribution is 0.0698. The number of halogens is 1. The van der Waals surface area contributed by atoms with E-state index in [2.05, 4.69) is 20.7 Å². The minimum Gasteiger partial charge on any atom is -0.478 e. The van der Waals surface area contributed by atoms with E-state index in [1.165, 1.54) is 25.2 Å². The number of carboxylic acid groups (broad SMARTS) is 1. The van der Waals surface area contributed by atoms with Gasteiger partial charge < -0.3 is 5.11 Å². The molecule has 88 valence electrons. The van der Waals surface area contributed by atoms with E-state index in [0.29, 0.717) is 4.47 Å². The van der Waals surface area contributed by atoms with Crippen LogP contribution in [0.4, 0.5) is 5.69 Å². The summed E-state index contributed by atoms with van der Waals surface area (Å²) in [5, 5.41) is 8.86. The van der Waals surface area contributed by atoms with Crippen LogP contribution >= 0.6 is 15.9 Å². The molecule has 0 aliphatic carbocycles. The highest BCUT2D eigenvalue weighted by molar-refractivity contribution is 9.10. The van der Waals surface area contributed by atoms with Gasteiger partial charge in [-0.05, 0) is 18.2 Å². The first kappa shape index (κ1) is 12.9. The molecule has 0 bridgehead atoms. The molecule has 0 aliphatic rings. The van der Waals surface area contributed by atoms with Crippen molar-refractivity contribution >= 4 is 37.8 Å². The van der Waals surface area contributed by atoms with Crippen molar-refractivity contribution in [3.05, 3.63) is 28.2 Å². The molecule has 1 rings (SSSR count). The quantitative estimate of drug-likeness (QED) is 0.774. The fourth-order valence-electron chi connectivity index (χ4n) is 0.983.